The van der Waals surface area contributed by atoms with E-state index >= 15 is 0 Å². The lowest BCUT2D eigenvalue weighted by Gasteiger charge is -2.35. The molecule has 1 heterocycles. The minimum atomic E-state index is -3.87. The molecule has 1 aliphatic rings. The minimum Gasteiger partial charge on any atom is -0.490 e. The van der Waals surface area contributed by atoms with Crippen LogP contribution in [0.5, 0.6) is 5.75 Å². The van der Waals surface area contributed by atoms with Gasteiger partial charge in [0.1, 0.15) is 5.75 Å². The first-order valence-corrected chi connectivity index (χ1v) is 15.5. The fourth-order valence-corrected chi connectivity index (χ4v) is 5.79. The second-order valence-corrected chi connectivity index (χ2v) is 12.9. The van der Waals surface area contributed by atoms with Gasteiger partial charge in [-0.1, -0.05) is 24.6 Å². The number of benzene rings is 2. The van der Waals surface area contributed by atoms with E-state index in [9.17, 15) is 18.3 Å². The Morgan fingerprint density at radius 1 is 1.12 bits per heavy atom. The van der Waals surface area contributed by atoms with E-state index < -0.39 is 16.1 Å². The predicted molar refractivity (Wildman–Crippen MR) is 157 cm³/mol. The van der Waals surface area contributed by atoms with E-state index in [4.69, 9.17) is 9.47 Å². The first-order valence-electron chi connectivity index (χ1n) is 14.0. The van der Waals surface area contributed by atoms with Crippen LogP contribution in [-0.4, -0.2) is 87.9 Å². The zero-order valence-electron chi connectivity index (χ0n) is 24.6. The summed E-state index contributed by atoms with van der Waals surface area (Å²) in [4.78, 5) is 18.0. The summed E-state index contributed by atoms with van der Waals surface area (Å²) in [6, 6.07) is 10.9. The lowest BCUT2D eigenvalue weighted by molar-refractivity contribution is -0.0137. The van der Waals surface area contributed by atoms with Gasteiger partial charge in [0.25, 0.3) is 15.9 Å². The maximum absolute atomic E-state index is 14.1. The van der Waals surface area contributed by atoms with Crippen LogP contribution in [0.4, 0.5) is 5.69 Å². The Bertz CT molecular complexity index is 1220. The highest BCUT2D eigenvalue weighted by molar-refractivity contribution is 7.92. The van der Waals surface area contributed by atoms with Crippen molar-refractivity contribution in [1.29, 1.82) is 0 Å². The first kappa shape index (κ1) is 31.9. The van der Waals surface area contributed by atoms with Crippen LogP contribution in [0.2, 0.25) is 0 Å². The van der Waals surface area contributed by atoms with Crippen molar-refractivity contribution in [2.75, 3.05) is 45.1 Å². The van der Waals surface area contributed by atoms with Gasteiger partial charge in [-0.3, -0.25) is 9.52 Å². The number of sulfonamides is 1. The molecule has 0 saturated heterocycles. The summed E-state index contributed by atoms with van der Waals surface area (Å²) in [5.74, 6) is 0.0270. The normalized spacial score (nSPS) is 22.2. The predicted octanol–water partition coefficient (Wildman–Crippen LogP) is 4.15. The van der Waals surface area contributed by atoms with Crippen molar-refractivity contribution >= 4 is 21.6 Å². The van der Waals surface area contributed by atoms with Crippen LogP contribution in [-0.2, 0) is 14.8 Å². The molecule has 222 valence electrons. The lowest BCUT2D eigenvalue weighted by atomic mass is 10.0. The highest BCUT2D eigenvalue weighted by Crippen LogP contribution is 2.29. The van der Waals surface area contributed by atoms with E-state index in [1.165, 1.54) is 6.07 Å². The molecule has 9 nitrogen and oxygen atoms in total. The molecule has 0 fully saturated rings. The number of likely N-dealkylation sites (N-methyl/N-ethyl adjacent to an activating group) is 1. The van der Waals surface area contributed by atoms with Crippen LogP contribution in [0.25, 0.3) is 0 Å². The molecule has 2 aromatic carbocycles. The molecule has 2 N–H and O–H groups in total. The van der Waals surface area contributed by atoms with Gasteiger partial charge in [-0.05, 0) is 84.5 Å². The molecule has 0 radical (unpaired) electrons. The number of nitrogens with zero attached hydrogens (tertiary/aromatic N) is 2. The third-order valence-corrected chi connectivity index (χ3v) is 8.58. The van der Waals surface area contributed by atoms with E-state index in [0.29, 0.717) is 25.4 Å². The van der Waals surface area contributed by atoms with Crippen molar-refractivity contribution in [3.63, 3.8) is 0 Å². The number of carbonyl (C=O) groups excluding carboxylic acids is 1. The summed E-state index contributed by atoms with van der Waals surface area (Å²) < 4.78 is 41.3. The molecule has 0 aliphatic carbocycles. The average Bonchev–Trinajstić information content (AvgIpc) is 2.90. The molecule has 1 aliphatic heterocycles. The topological polar surface area (TPSA) is 108 Å². The van der Waals surface area contributed by atoms with Crippen molar-refractivity contribution in [2.45, 2.75) is 70.1 Å². The SMILES string of the molecule is Cc1ccc(S(=O)(=O)Nc2ccc3c(c2)C(=O)N([C@H](C)CO)C[C@@H](C)[C@H](CN(C)C)OCCCC[C@H](C)O3)cc1. The number of rotatable bonds is 7. The van der Waals surface area contributed by atoms with E-state index in [1.807, 2.05) is 27.9 Å². The Labute approximate surface area is 239 Å². The van der Waals surface area contributed by atoms with Crippen molar-refractivity contribution in [3.05, 3.63) is 53.6 Å². The van der Waals surface area contributed by atoms with Gasteiger partial charge in [-0.2, -0.15) is 0 Å². The molecule has 40 heavy (non-hydrogen) atoms. The van der Waals surface area contributed by atoms with Gasteiger partial charge >= 0.3 is 0 Å². The fraction of sp³-hybridized carbons (Fsp3) is 0.567. The molecule has 0 spiro atoms. The maximum atomic E-state index is 14.1. The third-order valence-electron chi connectivity index (χ3n) is 7.18. The smallest absolute Gasteiger partial charge is 0.261 e. The molecule has 0 unspecified atom stereocenters. The number of amides is 1. The number of anilines is 1. The van der Waals surface area contributed by atoms with Crippen LogP contribution < -0.4 is 9.46 Å². The quantitative estimate of drug-likeness (QED) is 0.511. The second kappa shape index (κ2) is 14.3. The number of aliphatic hydroxyl groups is 1. The zero-order chi connectivity index (χ0) is 29.4. The summed E-state index contributed by atoms with van der Waals surface area (Å²) in [5, 5.41) is 10.1. The van der Waals surface area contributed by atoms with Crippen molar-refractivity contribution < 1.29 is 27.8 Å². The Morgan fingerprint density at radius 2 is 1.82 bits per heavy atom. The van der Waals surface area contributed by atoms with E-state index in [0.717, 1.165) is 24.8 Å². The maximum Gasteiger partial charge on any atom is 0.261 e. The number of fused-ring (bicyclic) bond motifs is 1. The highest BCUT2D eigenvalue weighted by Gasteiger charge is 2.30. The summed E-state index contributed by atoms with van der Waals surface area (Å²) >= 11 is 0. The van der Waals surface area contributed by atoms with Gasteiger partial charge in [0, 0.05) is 31.3 Å². The zero-order valence-corrected chi connectivity index (χ0v) is 25.4. The van der Waals surface area contributed by atoms with Crippen LogP contribution in [0.1, 0.15) is 56.0 Å². The van der Waals surface area contributed by atoms with Crippen LogP contribution in [0, 0.1) is 12.8 Å². The average molecular weight is 576 g/mol. The fourth-order valence-electron chi connectivity index (χ4n) is 4.74. The van der Waals surface area contributed by atoms with Crippen LogP contribution in [0.3, 0.4) is 0 Å². The number of nitrogens with one attached hydrogen (secondary N) is 1. The summed E-state index contributed by atoms with van der Waals surface area (Å²) in [7, 11) is 0.118. The van der Waals surface area contributed by atoms with E-state index in [1.54, 1.807) is 48.2 Å². The lowest BCUT2D eigenvalue weighted by Crippen LogP contribution is -2.47. The summed E-state index contributed by atoms with van der Waals surface area (Å²) in [5.41, 5.74) is 1.45. The molecule has 0 aromatic heterocycles. The van der Waals surface area contributed by atoms with E-state index in [2.05, 4.69) is 16.5 Å². The minimum absolute atomic E-state index is 0.0187. The molecule has 0 bridgehead atoms. The van der Waals surface area contributed by atoms with Gasteiger partial charge in [-0.15, -0.1) is 0 Å². The number of carbonyl (C=O) groups is 1. The van der Waals surface area contributed by atoms with Crippen molar-refractivity contribution in [2.24, 2.45) is 5.92 Å². The number of hydrogen-bond acceptors (Lipinski definition) is 7. The second-order valence-electron chi connectivity index (χ2n) is 11.2. The summed E-state index contributed by atoms with van der Waals surface area (Å²) in [6.45, 7) is 9.16. The largest absolute Gasteiger partial charge is 0.490 e. The Morgan fingerprint density at radius 3 is 2.48 bits per heavy atom. The number of aryl methyl sites for hydroxylation is 1. The number of aliphatic hydroxyl groups excluding tert-OH is 1. The van der Waals surface area contributed by atoms with Crippen LogP contribution >= 0.6 is 0 Å². The van der Waals surface area contributed by atoms with Gasteiger partial charge in [0.15, 0.2) is 0 Å². The van der Waals surface area contributed by atoms with Gasteiger partial charge in [0.2, 0.25) is 0 Å². The standard InChI is InChI=1S/C30H45N3O6S/c1-21-10-13-26(14-11-21)40(36,37)31-25-12-15-28-27(17-25)30(35)33(23(3)20-34)18-22(2)29(19-32(5)6)38-16-8-7-9-24(4)39-28/h10-15,17,22-24,29,31,34H,7-9,16,18-20H2,1-6H3/t22-,23-,24+,29+/m1/s1. The molecule has 1 amide bonds. The third kappa shape index (κ3) is 8.67. The molecule has 10 heteroatoms. The Hall–Kier alpha value is -2.66. The number of ether oxygens (including phenoxy) is 2. The molecule has 4 atom stereocenters. The van der Waals surface area contributed by atoms with Crippen LogP contribution in [0.15, 0.2) is 47.4 Å². The highest BCUT2D eigenvalue weighted by atomic mass is 32.2. The Kier molecular flexibility index (Phi) is 11.4. The Balaban J connectivity index is 2.02. The molecule has 0 saturated carbocycles. The molecular formula is C30H45N3O6S. The summed E-state index contributed by atoms with van der Waals surface area (Å²) in [6.07, 6.45) is 2.33. The molecular weight excluding hydrogens is 530 g/mol. The molecule has 3 rings (SSSR count). The van der Waals surface area contributed by atoms with E-state index in [-0.39, 0.29) is 46.8 Å². The molecule has 2 aromatic rings. The first-order chi connectivity index (χ1) is 18.9. The van der Waals surface area contributed by atoms with Gasteiger partial charge < -0.3 is 24.4 Å². The van der Waals surface area contributed by atoms with Gasteiger partial charge in [-0.25, -0.2) is 8.42 Å². The van der Waals surface area contributed by atoms with Crippen molar-refractivity contribution in [3.8, 4) is 5.75 Å². The number of hydrogen-bond donors (Lipinski definition) is 2. The monoisotopic (exact) mass is 575 g/mol. The van der Waals surface area contributed by atoms with Crippen molar-refractivity contribution in [1.82, 2.24) is 9.80 Å². The van der Waals surface area contributed by atoms with Gasteiger partial charge in [0.05, 0.1) is 35.3 Å².